The number of rotatable bonds is 4. The summed E-state index contributed by atoms with van der Waals surface area (Å²) in [6.45, 7) is 0.533. The van der Waals surface area contributed by atoms with Crippen molar-refractivity contribution >= 4 is 32.2 Å². The lowest BCUT2D eigenvalue weighted by Gasteiger charge is -2.05. The van der Waals surface area contributed by atoms with Crippen LogP contribution in [0.5, 0.6) is 0 Å². The molecule has 0 aliphatic carbocycles. The predicted octanol–water partition coefficient (Wildman–Crippen LogP) is 1.74. The molecule has 3 N–H and O–H groups in total. The first kappa shape index (κ1) is 12.8. The standard InChI is InChI=1S/C11H13N3O2S2/c1-18(15,16)9-10(12)14-17-11(9)13-7-8-5-3-2-4-6-8/h2-6,13H,7H2,1H3,(H2,12,14). The molecule has 0 unspecified atom stereocenters. The highest BCUT2D eigenvalue weighted by atomic mass is 32.2. The van der Waals surface area contributed by atoms with Crippen LogP contribution < -0.4 is 11.1 Å². The summed E-state index contributed by atoms with van der Waals surface area (Å²) in [5.74, 6) is 0.0538. The molecule has 0 radical (unpaired) electrons. The minimum atomic E-state index is -3.36. The highest BCUT2D eigenvalue weighted by Crippen LogP contribution is 2.31. The number of nitrogens with two attached hydrogens (primary N) is 1. The monoisotopic (exact) mass is 283 g/mol. The van der Waals surface area contributed by atoms with Gasteiger partial charge < -0.3 is 11.1 Å². The van der Waals surface area contributed by atoms with Gasteiger partial charge in [-0.05, 0) is 17.1 Å². The van der Waals surface area contributed by atoms with Crippen molar-refractivity contribution < 1.29 is 8.42 Å². The van der Waals surface area contributed by atoms with Gasteiger partial charge in [-0.3, -0.25) is 0 Å². The van der Waals surface area contributed by atoms with E-state index in [1.165, 1.54) is 0 Å². The first-order valence-electron chi connectivity index (χ1n) is 5.21. The van der Waals surface area contributed by atoms with E-state index in [1.54, 1.807) is 0 Å². The summed E-state index contributed by atoms with van der Waals surface area (Å²) in [5, 5.41) is 3.54. The van der Waals surface area contributed by atoms with Gasteiger partial charge >= 0.3 is 0 Å². The Morgan fingerprint density at radius 1 is 1.33 bits per heavy atom. The maximum absolute atomic E-state index is 11.6. The molecule has 96 valence electrons. The molecule has 2 rings (SSSR count). The maximum atomic E-state index is 11.6. The van der Waals surface area contributed by atoms with Crippen molar-refractivity contribution in [1.82, 2.24) is 4.37 Å². The van der Waals surface area contributed by atoms with Crippen molar-refractivity contribution in [2.24, 2.45) is 0 Å². The average molecular weight is 283 g/mol. The number of nitrogen functional groups attached to an aromatic ring is 1. The normalized spacial score (nSPS) is 11.4. The summed E-state index contributed by atoms with van der Waals surface area (Å²) >= 11 is 1.06. The largest absolute Gasteiger partial charge is 0.382 e. The third-order valence-corrected chi connectivity index (χ3v) is 4.44. The molecule has 0 spiro atoms. The van der Waals surface area contributed by atoms with Crippen LogP contribution in [0.15, 0.2) is 35.2 Å². The third-order valence-electron chi connectivity index (χ3n) is 2.34. The van der Waals surface area contributed by atoms with Crippen molar-refractivity contribution in [2.75, 3.05) is 17.3 Å². The van der Waals surface area contributed by atoms with Gasteiger partial charge in [0, 0.05) is 12.8 Å². The van der Waals surface area contributed by atoms with Crippen molar-refractivity contribution in [3.8, 4) is 0 Å². The van der Waals surface area contributed by atoms with Gasteiger partial charge in [-0.15, -0.1) is 0 Å². The predicted molar refractivity (Wildman–Crippen MR) is 73.4 cm³/mol. The van der Waals surface area contributed by atoms with Crippen LogP contribution in [0.4, 0.5) is 10.8 Å². The highest BCUT2D eigenvalue weighted by Gasteiger charge is 2.20. The number of aromatic nitrogens is 1. The molecule has 0 atom stereocenters. The second kappa shape index (κ2) is 4.95. The van der Waals surface area contributed by atoms with E-state index in [1.807, 2.05) is 30.3 Å². The van der Waals surface area contributed by atoms with E-state index in [-0.39, 0.29) is 10.7 Å². The molecule has 1 aromatic carbocycles. The zero-order valence-electron chi connectivity index (χ0n) is 9.75. The van der Waals surface area contributed by atoms with Gasteiger partial charge in [0.2, 0.25) is 0 Å². The minimum Gasteiger partial charge on any atom is -0.382 e. The molecule has 0 saturated carbocycles. The molecule has 18 heavy (non-hydrogen) atoms. The maximum Gasteiger partial charge on any atom is 0.182 e. The lowest BCUT2D eigenvalue weighted by atomic mass is 10.2. The van der Waals surface area contributed by atoms with Crippen LogP contribution in [0.3, 0.4) is 0 Å². The summed E-state index contributed by atoms with van der Waals surface area (Å²) in [7, 11) is -3.36. The van der Waals surface area contributed by atoms with Crippen LogP contribution >= 0.6 is 11.5 Å². The number of sulfone groups is 1. The summed E-state index contributed by atoms with van der Waals surface area (Å²) in [4.78, 5) is 0.0865. The number of hydrogen-bond acceptors (Lipinski definition) is 6. The van der Waals surface area contributed by atoms with Crippen LogP contribution in [-0.2, 0) is 16.4 Å². The van der Waals surface area contributed by atoms with Crippen LogP contribution in [-0.4, -0.2) is 19.0 Å². The molecule has 1 aromatic heterocycles. The molecular formula is C11H13N3O2S2. The first-order valence-corrected chi connectivity index (χ1v) is 7.88. The van der Waals surface area contributed by atoms with Crippen molar-refractivity contribution in [1.29, 1.82) is 0 Å². The fourth-order valence-electron chi connectivity index (χ4n) is 1.54. The van der Waals surface area contributed by atoms with Gasteiger partial charge in [0.1, 0.15) is 9.90 Å². The van der Waals surface area contributed by atoms with Gasteiger partial charge in [0.05, 0.1) is 0 Å². The molecular weight excluding hydrogens is 270 g/mol. The van der Waals surface area contributed by atoms with Crippen LogP contribution in [0.1, 0.15) is 5.56 Å². The zero-order valence-corrected chi connectivity index (χ0v) is 11.4. The number of hydrogen-bond donors (Lipinski definition) is 2. The van der Waals surface area contributed by atoms with E-state index < -0.39 is 9.84 Å². The lowest BCUT2D eigenvalue weighted by Crippen LogP contribution is -2.05. The lowest BCUT2D eigenvalue weighted by molar-refractivity contribution is 0.602. The molecule has 2 aromatic rings. The Morgan fingerprint density at radius 2 is 2.00 bits per heavy atom. The van der Waals surface area contributed by atoms with Gasteiger partial charge in [0.15, 0.2) is 15.7 Å². The third kappa shape index (κ3) is 2.80. The Hall–Kier alpha value is -1.60. The van der Waals surface area contributed by atoms with E-state index in [9.17, 15) is 8.42 Å². The Balaban J connectivity index is 2.21. The van der Waals surface area contributed by atoms with E-state index >= 15 is 0 Å². The van der Waals surface area contributed by atoms with Crippen molar-refractivity contribution in [3.63, 3.8) is 0 Å². The number of benzene rings is 1. The van der Waals surface area contributed by atoms with Crippen LogP contribution in [0.2, 0.25) is 0 Å². The average Bonchev–Trinajstić information content (AvgIpc) is 2.69. The second-order valence-corrected chi connectivity index (χ2v) is 6.56. The topological polar surface area (TPSA) is 85.1 Å². The molecule has 0 aliphatic heterocycles. The van der Waals surface area contributed by atoms with Gasteiger partial charge in [-0.2, -0.15) is 4.37 Å². The summed E-state index contributed by atoms with van der Waals surface area (Å²) in [5.41, 5.74) is 6.64. The molecule has 0 bridgehead atoms. The fraction of sp³-hybridized carbons (Fsp3) is 0.182. The Bertz CT molecular complexity index is 636. The smallest absolute Gasteiger partial charge is 0.182 e. The van der Waals surface area contributed by atoms with Crippen LogP contribution in [0.25, 0.3) is 0 Å². The van der Waals surface area contributed by atoms with Gasteiger partial charge in [-0.25, -0.2) is 8.42 Å². The molecule has 0 amide bonds. The molecule has 0 fully saturated rings. The molecule has 5 nitrogen and oxygen atoms in total. The minimum absolute atomic E-state index is 0.0538. The van der Waals surface area contributed by atoms with Crippen LogP contribution in [0, 0.1) is 0 Å². The molecule has 1 heterocycles. The Morgan fingerprint density at radius 3 is 2.61 bits per heavy atom. The first-order chi connectivity index (χ1) is 8.48. The van der Waals surface area contributed by atoms with E-state index in [2.05, 4.69) is 9.69 Å². The zero-order chi connectivity index (χ0) is 13.2. The summed E-state index contributed by atoms with van der Waals surface area (Å²) < 4.78 is 27.1. The SMILES string of the molecule is CS(=O)(=O)c1c(N)nsc1NCc1ccccc1. The van der Waals surface area contributed by atoms with E-state index in [4.69, 9.17) is 5.73 Å². The van der Waals surface area contributed by atoms with E-state index in [0.29, 0.717) is 11.5 Å². The van der Waals surface area contributed by atoms with Crippen molar-refractivity contribution in [3.05, 3.63) is 35.9 Å². The van der Waals surface area contributed by atoms with Gasteiger partial charge in [-0.1, -0.05) is 30.3 Å². The highest BCUT2D eigenvalue weighted by molar-refractivity contribution is 7.91. The number of nitrogens with one attached hydrogen (secondary N) is 1. The quantitative estimate of drug-likeness (QED) is 0.892. The summed E-state index contributed by atoms with van der Waals surface area (Å²) in [6, 6.07) is 9.69. The van der Waals surface area contributed by atoms with Gasteiger partial charge in [0.25, 0.3) is 0 Å². The second-order valence-electron chi connectivity index (χ2n) is 3.84. The fourth-order valence-corrected chi connectivity index (χ4v) is 3.61. The molecule has 0 saturated heterocycles. The Labute approximate surface area is 110 Å². The Kier molecular flexibility index (Phi) is 3.53. The number of anilines is 2. The van der Waals surface area contributed by atoms with E-state index in [0.717, 1.165) is 23.4 Å². The number of nitrogens with zero attached hydrogens (tertiary/aromatic N) is 1. The summed E-state index contributed by atoms with van der Waals surface area (Å²) in [6.07, 6.45) is 1.13. The molecule has 0 aliphatic rings. The van der Waals surface area contributed by atoms with Crippen molar-refractivity contribution in [2.45, 2.75) is 11.4 Å². The molecule has 7 heteroatoms.